The largest absolute Gasteiger partial charge is 0.380 e. The lowest BCUT2D eigenvalue weighted by Gasteiger charge is -2.10. The highest BCUT2D eigenvalue weighted by Crippen LogP contribution is 2.21. The molecule has 1 amide bonds. The van der Waals surface area contributed by atoms with E-state index in [9.17, 15) is 4.79 Å². The Kier molecular flexibility index (Phi) is 4.21. The molecule has 0 saturated heterocycles. The van der Waals surface area contributed by atoms with Gasteiger partial charge in [-0.25, -0.2) is 4.68 Å². The number of hydrogen-bond donors (Lipinski definition) is 2. The zero-order chi connectivity index (χ0) is 13.8. The van der Waals surface area contributed by atoms with Gasteiger partial charge in [-0.2, -0.15) is 5.10 Å². The zero-order valence-electron chi connectivity index (χ0n) is 10.5. The first kappa shape index (κ1) is 13.6. The van der Waals surface area contributed by atoms with Crippen molar-refractivity contribution >= 4 is 27.5 Å². The zero-order valence-corrected chi connectivity index (χ0v) is 12.1. The van der Waals surface area contributed by atoms with Gasteiger partial charge in [-0.15, -0.1) is 0 Å². The fraction of sp³-hybridized carbons (Fsp3) is 0.231. The Morgan fingerprint density at radius 1 is 1.53 bits per heavy atom. The summed E-state index contributed by atoms with van der Waals surface area (Å²) in [6.45, 7) is 1.90. The van der Waals surface area contributed by atoms with Crippen molar-refractivity contribution in [2.45, 2.75) is 19.4 Å². The van der Waals surface area contributed by atoms with E-state index in [0.29, 0.717) is 6.42 Å². The average Bonchev–Trinajstić information content (AvgIpc) is 2.76. The van der Waals surface area contributed by atoms with Gasteiger partial charge in [0.25, 0.3) is 0 Å². The lowest BCUT2D eigenvalue weighted by molar-refractivity contribution is -0.118. The predicted octanol–water partition coefficient (Wildman–Crippen LogP) is 2.31. The van der Waals surface area contributed by atoms with Crippen LogP contribution in [0.5, 0.6) is 0 Å². The predicted molar refractivity (Wildman–Crippen MR) is 78.2 cm³/mol. The number of para-hydroxylation sites is 1. The van der Waals surface area contributed by atoms with Crippen LogP contribution in [-0.4, -0.2) is 21.7 Å². The number of nitrogens with two attached hydrogens (primary N) is 1. The summed E-state index contributed by atoms with van der Waals surface area (Å²) in [5.74, 6) is -0.321. The Labute approximate surface area is 119 Å². The number of primary amides is 1. The molecule has 6 heteroatoms. The molecule has 0 radical (unpaired) electrons. The van der Waals surface area contributed by atoms with Crippen molar-refractivity contribution in [3.63, 3.8) is 0 Å². The molecular weight excluding hydrogens is 308 g/mol. The molecule has 1 aromatic heterocycles. The lowest BCUT2D eigenvalue weighted by atomic mass is 10.2. The molecule has 0 spiro atoms. The van der Waals surface area contributed by atoms with Crippen molar-refractivity contribution in [2.75, 3.05) is 5.32 Å². The van der Waals surface area contributed by atoms with E-state index in [1.807, 2.05) is 37.4 Å². The van der Waals surface area contributed by atoms with Gasteiger partial charge in [0.2, 0.25) is 5.91 Å². The van der Waals surface area contributed by atoms with Crippen LogP contribution in [0.3, 0.4) is 0 Å². The number of nitrogens with zero attached hydrogens (tertiary/aromatic N) is 2. The standard InChI is InChI=1S/C13H15BrN4O/c1-9(6-13(15)19)17-10-7-16-18(8-10)12-5-3-2-4-11(12)14/h2-5,7-9,17H,6H2,1H3,(H2,15,19). The van der Waals surface area contributed by atoms with E-state index < -0.39 is 0 Å². The van der Waals surface area contributed by atoms with Crippen molar-refractivity contribution in [3.05, 3.63) is 41.1 Å². The molecular formula is C13H15BrN4O. The minimum absolute atomic E-state index is 0.0191. The number of carbonyl (C=O) groups is 1. The third-order valence-corrected chi connectivity index (χ3v) is 3.27. The van der Waals surface area contributed by atoms with Crippen LogP contribution in [0.1, 0.15) is 13.3 Å². The summed E-state index contributed by atoms with van der Waals surface area (Å²) in [6, 6.07) is 7.80. The highest BCUT2D eigenvalue weighted by molar-refractivity contribution is 9.10. The maximum Gasteiger partial charge on any atom is 0.219 e. The van der Waals surface area contributed by atoms with Gasteiger partial charge < -0.3 is 11.1 Å². The van der Waals surface area contributed by atoms with Gasteiger partial charge in [0, 0.05) is 16.9 Å². The number of halogens is 1. The number of anilines is 1. The smallest absolute Gasteiger partial charge is 0.219 e. The highest BCUT2D eigenvalue weighted by Gasteiger charge is 2.08. The summed E-state index contributed by atoms with van der Waals surface area (Å²) < 4.78 is 2.73. The van der Waals surface area contributed by atoms with Crippen molar-refractivity contribution in [3.8, 4) is 5.69 Å². The molecule has 1 unspecified atom stereocenters. The first-order valence-electron chi connectivity index (χ1n) is 5.90. The van der Waals surface area contributed by atoms with Gasteiger partial charge >= 0.3 is 0 Å². The van der Waals surface area contributed by atoms with Gasteiger partial charge in [0.05, 0.1) is 23.8 Å². The molecule has 0 aliphatic carbocycles. The fourth-order valence-electron chi connectivity index (χ4n) is 1.80. The minimum atomic E-state index is -0.321. The Morgan fingerprint density at radius 3 is 2.95 bits per heavy atom. The van der Waals surface area contributed by atoms with Crippen molar-refractivity contribution in [2.24, 2.45) is 5.73 Å². The first-order chi connectivity index (χ1) is 9.06. The Morgan fingerprint density at radius 2 is 2.26 bits per heavy atom. The van der Waals surface area contributed by atoms with Crippen molar-refractivity contribution < 1.29 is 4.79 Å². The molecule has 0 bridgehead atoms. The van der Waals surface area contributed by atoms with Crippen molar-refractivity contribution in [1.82, 2.24) is 9.78 Å². The van der Waals surface area contributed by atoms with Gasteiger partial charge in [0.15, 0.2) is 0 Å². The topological polar surface area (TPSA) is 72.9 Å². The molecule has 0 aliphatic heterocycles. The number of nitrogens with one attached hydrogen (secondary N) is 1. The second-order valence-corrected chi connectivity index (χ2v) is 5.20. The van der Waals surface area contributed by atoms with E-state index in [0.717, 1.165) is 15.8 Å². The molecule has 0 aliphatic rings. The summed E-state index contributed by atoms with van der Waals surface area (Å²) in [4.78, 5) is 10.8. The van der Waals surface area contributed by atoms with Crippen LogP contribution in [0, 0.1) is 0 Å². The molecule has 0 saturated carbocycles. The molecule has 100 valence electrons. The number of amides is 1. The Balaban J connectivity index is 2.11. The number of carbonyl (C=O) groups excluding carboxylic acids is 1. The van der Waals surface area contributed by atoms with E-state index in [1.165, 1.54) is 0 Å². The van der Waals surface area contributed by atoms with Gasteiger partial charge in [-0.1, -0.05) is 12.1 Å². The Hall–Kier alpha value is -1.82. The molecule has 1 heterocycles. The number of hydrogen-bond acceptors (Lipinski definition) is 3. The van der Waals surface area contributed by atoms with Gasteiger partial charge in [0.1, 0.15) is 0 Å². The van der Waals surface area contributed by atoms with Crippen LogP contribution >= 0.6 is 15.9 Å². The van der Waals surface area contributed by atoms with E-state index in [2.05, 4.69) is 26.3 Å². The Bertz CT molecular complexity index is 582. The molecule has 2 rings (SSSR count). The molecule has 1 atom stereocenters. The van der Waals surface area contributed by atoms with E-state index in [4.69, 9.17) is 5.73 Å². The summed E-state index contributed by atoms with van der Waals surface area (Å²) in [6.07, 6.45) is 3.88. The molecule has 19 heavy (non-hydrogen) atoms. The number of rotatable bonds is 5. The van der Waals surface area contributed by atoms with E-state index >= 15 is 0 Å². The third kappa shape index (κ3) is 3.57. The molecule has 2 aromatic rings. The number of aromatic nitrogens is 2. The summed E-state index contributed by atoms with van der Waals surface area (Å²) in [7, 11) is 0. The monoisotopic (exact) mass is 322 g/mol. The molecule has 5 nitrogen and oxygen atoms in total. The second kappa shape index (κ2) is 5.88. The first-order valence-corrected chi connectivity index (χ1v) is 6.70. The SMILES string of the molecule is CC(CC(N)=O)Nc1cnn(-c2ccccc2Br)c1. The van der Waals surface area contributed by atoms with E-state index in [1.54, 1.807) is 10.9 Å². The third-order valence-electron chi connectivity index (χ3n) is 2.60. The van der Waals surface area contributed by atoms with Gasteiger partial charge in [-0.3, -0.25) is 4.79 Å². The summed E-state index contributed by atoms with van der Waals surface area (Å²) in [5.41, 5.74) is 6.97. The van der Waals surface area contributed by atoms with Crippen molar-refractivity contribution in [1.29, 1.82) is 0 Å². The summed E-state index contributed by atoms with van der Waals surface area (Å²) in [5, 5.41) is 7.47. The second-order valence-electron chi connectivity index (χ2n) is 4.34. The number of benzene rings is 1. The van der Waals surface area contributed by atoms with Crippen LogP contribution in [0.25, 0.3) is 5.69 Å². The highest BCUT2D eigenvalue weighted by atomic mass is 79.9. The van der Waals surface area contributed by atoms with Gasteiger partial charge in [-0.05, 0) is 35.0 Å². The fourth-order valence-corrected chi connectivity index (χ4v) is 2.27. The minimum Gasteiger partial charge on any atom is -0.380 e. The van der Waals surface area contributed by atoms with Crippen LogP contribution in [0.2, 0.25) is 0 Å². The maximum absolute atomic E-state index is 10.8. The van der Waals surface area contributed by atoms with Crippen LogP contribution in [-0.2, 0) is 4.79 Å². The van der Waals surface area contributed by atoms with Crippen LogP contribution < -0.4 is 11.1 Å². The quantitative estimate of drug-likeness (QED) is 0.887. The van der Waals surface area contributed by atoms with E-state index in [-0.39, 0.29) is 11.9 Å². The van der Waals surface area contributed by atoms with Crippen LogP contribution in [0.15, 0.2) is 41.1 Å². The molecule has 3 N–H and O–H groups in total. The average molecular weight is 323 g/mol. The molecule has 0 fully saturated rings. The molecule has 1 aromatic carbocycles. The normalized spacial score (nSPS) is 12.1. The van der Waals surface area contributed by atoms with Crippen LogP contribution in [0.4, 0.5) is 5.69 Å². The summed E-state index contributed by atoms with van der Waals surface area (Å²) >= 11 is 3.48. The lowest BCUT2D eigenvalue weighted by Crippen LogP contribution is -2.23. The maximum atomic E-state index is 10.8.